The summed E-state index contributed by atoms with van der Waals surface area (Å²) in [6.45, 7) is 1.84. The molecule has 2 N–H and O–H groups in total. The highest BCUT2D eigenvalue weighted by Crippen LogP contribution is 2.18. The number of hydrogen-bond donors (Lipinski definition) is 2. The van der Waals surface area contributed by atoms with Gasteiger partial charge in [0.15, 0.2) is 0 Å². The second kappa shape index (κ2) is 7.12. The summed E-state index contributed by atoms with van der Waals surface area (Å²) in [5.74, 6) is 1.39. The van der Waals surface area contributed by atoms with Crippen LogP contribution in [0.4, 0.5) is 0 Å². The number of amides is 1. The fraction of sp³-hybridized carbons (Fsp3) is 0.900. The minimum atomic E-state index is 0.199. The molecule has 0 aromatic rings. The third-order valence-corrected chi connectivity index (χ3v) is 2.87. The molecule has 0 aromatic carbocycles. The highest BCUT2D eigenvalue weighted by Gasteiger charge is 2.22. The lowest BCUT2D eigenvalue weighted by Gasteiger charge is -2.04. The summed E-state index contributed by atoms with van der Waals surface area (Å²) in [6, 6.07) is 0.499. The largest absolute Gasteiger partial charge is 0.353 e. The van der Waals surface area contributed by atoms with E-state index in [4.69, 9.17) is 0 Å². The molecule has 1 fully saturated rings. The lowest BCUT2D eigenvalue weighted by Crippen LogP contribution is -2.29. The topological polar surface area (TPSA) is 41.1 Å². The maximum Gasteiger partial charge on any atom is 0.221 e. The van der Waals surface area contributed by atoms with Crippen LogP contribution in [-0.2, 0) is 4.79 Å². The first-order valence-corrected chi connectivity index (χ1v) is 6.71. The van der Waals surface area contributed by atoms with Crippen LogP contribution < -0.4 is 10.6 Å². The van der Waals surface area contributed by atoms with E-state index in [-0.39, 0.29) is 5.91 Å². The summed E-state index contributed by atoms with van der Waals surface area (Å²) in [6.07, 6.45) is 6.27. The van der Waals surface area contributed by atoms with E-state index in [2.05, 4.69) is 16.9 Å². The molecule has 82 valence electrons. The van der Waals surface area contributed by atoms with Gasteiger partial charge in [0, 0.05) is 19.0 Å². The second-order valence-corrected chi connectivity index (χ2v) is 4.67. The molecule has 1 saturated carbocycles. The molecule has 4 heteroatoms. The van der Waals surface area contributed by atoms with Crippen molar-refractivity contribution in [2.24, 2.45) is 0 Å². The summed E-state index contributed by atoms with van der Waals surface area (Å²) >= 11 is 1.86. The van der Waals surface area contributed by atoms with Crippen molar-refractivity contribution < 1.29 is 4.79 Å². The molecule has 0 spiro atoms. The fourth-order valence-corrected chi connectivity index (χ4v) is 1.63. The SMILES string of the molecule is CSCCCNCCC(=O)NC1CC1. The van der Waals surface area contributed by atoms with Gasteiger partial charge in [0.1, 0.15) is 0 Å². The Hall–Kier alpha value is -0.220. The van der Waals surface area contributed by atoms with Crippen LogP contribution in [0.2, 0.25) is 0 Å². The van der Waals surface area contributed by atoms with E-state index in [9.17, 15) is 4.79 Å². The van der Waals surface area contributed by atoms with Crippen LogP contribution in [0.25, 0.3) is 0 Å². The number of carbonyl (C=O) groups excluding carboxylic acids is 1. The van der Waals surface area contributed by atoms with Gasteiger partial charge in [0.25, 0.3) is 0 Å². The number of carbonyl (C=O) groups is 1. The van der Waals surface area contributed by atoms with Gasteiger partial charge in [-0.3, -0.25) is 4.79 Å². The Morgan fingerprint density at radius 2 is 2.21 bits per heavy atom. The highest BCUT2D eigenvalue weighted by molar-refractivity contribution is 7.98. The molecule has 1 aliphatic rings. The Morgan fingerprint density at radius 3 is 2.86 bits per heavy atom. The lowest BCUT2D eigenvalue weighted by atomic mass is 10.3. The van der Waals surface area contributed by atoms with E-state index < -0.39 is 0 Å². The third kappa shape index (κ3) is 6.27. The van der Waals surface area contributed by atoms with Crippen LogP contribution >= 0.6 is 11.8 Å². The van der Waals surface area contributed by atoms with Crippen molar-refractivity contribution in [2.75, 3.05) is 25.1 Å². The van der Waals surface area contributed by atoms with Gasteiger partial charge in [-0.1, -0.05) is 0 Å². The van der Waals surface area contributed by atoms with Gasteiger partial charge in [-0.25, -0.2) is 0 Å². The zero-order chi connectivity index (χ0) is 10.2. The van der Waals surface area contributed by atoms with Crippen LogP contribution in [0.15, 0.2) is 0 Å². The molecule has 1 amide bonds. The Balaban J connectivity index is 1.80. The van der Waals surface area contributed by atoms with Gasteiger partial charge in [-0.15, -0.1) is 0 Å². The minimum absolute atomic E-state index is 0.199. The number of thioether (sulfide) groups is 1. The third-order valence-electron chi connectivity index (χ3n) is 2.17. The Bertz CT molecular complexity index is 172. The Labute approximate surface area is 90.4 Å². The predicted molar refractivity (Wildman–Crippen MR) is 61.7 cm³/mol. The van der Waals surface area contributed by atoms with E-state index in [0.29, 0.717) is 12.5 Å². The summed E-state index contributed by atoms with van der Waals surface area (Å²) in [5, 5.41) is 6.24. The van der Waals surface area contributed by atoms with Crippen molar-refractivity contribution in [3.05, 3.63) is 0 Å². The molecule has 0 heterocycles. The molecule has 3 nitrogen and oxygen atoms in total. The predicted octanol–water partition coefficient (Wildman–Crippen LogP) is 0.998. The van der Waals surface area contributed by atoms with Crippen molar-refractivity contribution in [1.29, 1.82) is 0 Å². The normalized spacial score (nSPS) is 15.5. The molecule has 0 radical (unpaired) electrons. The van der Waals surface area contributed by atoms with E-state index in [0.717, 1.165) is 13.1 Å². The van der Waals surface area contributed by atoms with Gasteiger partial charge in [-0.05, 0) is 37.8 Å². The maximum absolute atomic E-state index is 11.2. The van der Waals surface area contributed by atoms with Crippen molar-refractivity contribution in [3.63, 3.8) is 0 Å². The molecule has 1 rings (SSSR count). The maximum atomic E-state index is 11.2. The van der Waals surface area contributed by atoms with E-state index in [1.807, 2.05) is 11.8 Å². The van der Waals surface area contributed by atoms with Crippen molar-refractivity contribution >= 4 is 17.7 Å². The van der Waals surface area contributed by atoms with Crippen LogP contribution in [-0.4, -0.2) is 37.0 Å². The van der Waals surface area contributed by atoms with Crippen LogP contribution in [0.3, 0.4) is 0 Å². The average Bonchev–Trinajstić information content (AvgIpc) is 2.95. The molecular formula is C10H20N2OS. The van der Waals surface area contributed by atoms with E-state index >= 15 is 0 Å². The summed E-state index contributed by atoms with van der Waals surface area (Å²) in [7, 11) is 0. The number of rotatable bonds is 8. The molecule has 0 saturated heterocycles. The van der Waals surface area contributed by atoms with Gasteiger partial charge in [-0.2, -0.15) is 11.8 Å². The summed E-state index contributed by atoms with van der Waals surface area (Å²) in [5.41, 5.74) is 0. The zero-order valence-electron chi connectivity index (χ0n) is 8.84. The van der Waals surface area contributed by atoms with Gasteiger partial charge < -0.3 is 10.6 Å². The standard InChI is InChI=1S/C10H20N2OS/c1-14-8-2-6-11-7-5-10(13)12-9-3-4-9/h9,11H,2-8H2,1H3,(H,12,13). The molecule has 0 atom stereocenters. The van der Waals surface area contributed by atoms with Crippen molar-refractivity contribution in [3.8, 4) is 0 Å². The quantitative estimate of drug-likeness (QED) is 0.595. The highest BCUT2D eigenvalue weighted by atomic mass is 32.2. The van der Waals surface area contributed by atoms with Crippen molar-refractivity contribution in [2.45, 2.75) is 31.7 Å². The second-order valence-electron chi connectivity index (χ2n) is 3.69. The molecule has 0 bridgehead atoms. The van der Waals surface area contributed by atoms with Crippen molar-refractivity contribution in [1.82, 2.24) is 10.6 Å². The fourth-order valence-electron chi connectivity index (χ4n) is 1.20. The molecule has 14 heavy (non-hydrogen) atoms. The van der Waals surface area contributed by atoms with Gasteiger partial charge in [0.2, 0.25) is 5.91 Å². The summed E-state index contributed by atoms with van der Waals surface area (Å²) < 4.78 is 0. The average molecular weight is 216 g/mol. The van der Waals surface area contributed by atoms with Crippen LogP contribution in [0.5, 0.6) is 0 Å². The zero-order valence-corrected chi connectivity index (χ0v) is 9.66. The minimum Gasteiger partial charge on any atom is -0.353 e. The molecule has 0 unspecified atom stereocenters. The first kappa shape index (κ1) is 11.9. The first-order valence-electron chi connectivity index (χ1n) is 5.32. The van der Waals surface area contributed by atoms with Gasteiger partial charge in [0.05, 0.1) is 0 Å². The van der Waals surface area contributed by atoms with Crippen LogP contribution in [0, 0.1) is 0 Å². The number of hydrogen-bond acceptors (Lipinski definition) is 3. The lowest BCUT2D eigenvalue weighted by molar-refractivity contribution is -0.121. The van der Waals surface area contributed by atoms with E-state index in [1.165, 1.54) is 25.0 Å². The molecule has 0 aromatic heterocycles. The summed E-state index contributed by atoms with van der Waals surface area (Å²) in [4.78, 5) is 11.2. The molecular weight excluding hydrogens is 196 g/mol. The number of nitrogens with one attached hydrogen (secondary N) is 2. The Kier molecular flexibility index (Phi) is 6.03. The van der Waals surface area contributed by atoms with Gasteiger partial charge >= 0.3 is 0 Å². The smallest absolute Gasteiger partial charge is 0.221 e. The Morgan fingerprint density at radius 1 is 1.43 bits per heavy atom. The monoisotopic (exact) mass is 216 g/mol. The molecule has 1 aliphatic carbocycles. The first-order chi connectivity index (χ1) is 6.83. The van der Waals surface area contributed by atoms with Crippen LogP contribution in [0.1, 0.15) is 25.7 Å². The van der Waals surface area contributed by atoms with E-state index in [1.54, 1.807) is 0 Å². The molecule has 0 aliphatic heterocycles.